The fraction of sp³-hybridized carbons (Fsp3) is 0.263. The predicted octanol–water partition coefficient (Wildman–Crippen LogP) is 3.79. The number of amides is 1. The molecule has 1 amide bonds. The van der Waals surface area contributed by atoms with Crippen LogP contribution in [0.3, 0.4) is 0 Å². The topological polar surface area (TPSA) is 50.3 Å². The summed E-state index contributed by atoms with van der Waals surface area (Å²) in [5.41, 5.74) is 2.92. The maximum atomic E-state index is 12.5. The minimum Gasteiger partial charge on any atom is -0.337 e. The lowest BCUT2D eigenvalue weighted by Crippen LogP contribution is -2.41. The molecule has 0 atom stereocenters. The molecule has 1 aliphatic rings. The average molecular weight is 403 g/mol. The zero-order valence-electron chi connectivity index (χ0n) is 14.1. The fourth-order valence-electron chi connectivity index (χ4n) is 2.82. The van der Waals surface area contributed by atoms with Gasteiger partial charge >= 0.3 is 0 Å². The first-order chi connectivity index (χ1) is 12.7. The van der Waals surface area contributed by atoms with E-state index in [0.29, 0.717) is 30.2 Å². The van der Waals surface area contributed by atoms with Crippen LogP contribution in [0.5, 0.6) is 0 Å². The van der Waals surface area contributed by atoms with E-state index in [1.165, 1.54) is 10.3 Å². The standard InChI is InChI=1S/C19H18N2O2S3/c22-18(21-9-11-26(23)12-10-21)15-7-5-14(6-8-15)13-24-19-20-16-3-1-2-4-17(16)25-19/h1-8H,9-13H2. The van der Waals surface area contributed by atoms with E-state index in [0.717, 1.165) is 15.6 Å². The molecule has 1 saturated heterocycles. The lowest BCUT2D eigenvalue weighted by molar-refractivity contribution is 0.0771. The van der Waals surface area contributed by atoms with Gasteiger partial charge in [-0.3, -0.25) is 9.00 Å². The van der Waals surface area contributed by atoms with Crippen molar-refractivity contribution in [3.63, 3.8) is 0 Å². The number of rotatable bonds is 4. The maximum absolute atomic E-state index is 12.5. The Morgan fingerprint density at radius 2 is 1.85 bits per heavy atom. The molecule has 0 unspecified atom stereocenters. The Morgan fingerprint density at radius 1 is 1.12 bits per heavy atom. The van der Waals surface area contributed by atoms with E-state index < -0.39 is 10.8 Å². The van der Waals surface area contributed by atoms with Crippen molar-refractivity contribution in [3.05, 3.63) is 59.7 Å². The molecule has 1 aromatic heterocycles. The average Bonchev–Trinajstić information content (AvgIpc) is 3.10. The second-order valence-electron chi connectivity index (χ2n) is 6.07. The summed E-state index contributed by atoms with van der Waals surface area (Å²) in [6.45, 7) is 1.17. The largest absolute Gasteiger partial charge is 0.337 e. The summed E-state index contributed by atoms with van der Waals surface area (Å²) < 4.78 is 13.7. The summed E-state index contributed by atoms with van der Waals surface area (Å²) in [6, 6.07) is 16.0. The molecule has 7 heteroatoms. The smallest absolute Gasteiger partial charge is 0.253 e. The number of hydrogen-bond acceptors (Lipinski definition) is 5. The fourth-order valence-corrected chi connectivity index (χ4v) is 5.90. The van der Waals surface area contributed by atoms with Gasteiger partial charge in [-0.15, -0.1) is 11.3 Å². The number of thioether (sulfide) groups is 1. The Balaban J connectivity index is 1.38. The molecule has 1 fully saturated rings. The van der Waals surface area contributed by atoms with Gasteiger partial charge in [0, 0.05) is 46.7 Å². The number of para-hydroxylation sites is 1. The van der Waals surface area contributed by atoms with E-state index >= 15 is 0 Å². The Labute approximate surface area is 163 Å². The van der Waals surface area contributed by atoms with Crippen LogP contribution in [0.15, 0.2) is 52.9 Å². The van der Waals surface area contributed by atoms with Gasteiger partial charge in [0.15, 0.2) is 4.34 Å². The molecule has 0 radical (unpaired) electrons. The first-order valence-electron chi connectivity index (χ1n) is 8.40. The highest BCUT2D eigenvalue weighted by Gasteiger charge is 2.21. The van der Waals surface area contributed by atoms with Crippen LogP contribution in [-0.2, 0) is 16.6 Å². The van der Waals surface area contributed by atoms with Crippen molar-refractivity contribution in [1.82, 2.24) is 9.88 Å². The third-order valence-electron chi connectivity index (χ3n) is 4.30. The Hall–Kier alpha value is -1.70. The van der Waals surface area contributed by atoms with E-state index in [1.54, 1.807) is 28.0 Å². The van der Waals surface area contributed by atoms with E-state index in [9.17, 15) is 9.00 Å². The molecule has 2 aromatic carbocycles. The highest BCUT2D eigenvalue weighted by atomic mass is 32.2. The van der Waals surface area contributed by atoms with Gasteiger partial charge in [-0.25, -0.2) is 4.98 Å². The summed E-state index contributed by atoms with van der Waals surface area (Å²) in [5, 5.41) is 0. The quantitative estimate of drug-likeness (QED) is 0.623. The van der Waals surface area contributed by atoms with Gasteiger partial charge in [0.2, 0.25) is 0 Å². The third-order valence-corrected chi connectivity index (χ3v) is 7.83. The van der Waals surface area contributed by atoms with Gasteiger partial charge in [-0.1, -0.05) is 36.0 Å². The van der Waals surface area contributed by atoms with Crippen molar-refractivity contribution in [2.45, 2.75) is 10.1 Å². The minimum absolute atomic E-state index is 0.0343. The molecule has 4 rings (SSSR count). The first-order valence-corrected chi connectivity index (χ1v) is 11.7. The normalized spacial score (nSPS) is 15.5. The van der Waals surface area contributed by atoms with Gasteiger partial charge in [0.1, 0.15) is 0 Å². The predicted molar refractivity (Wildman–Crippen MR) is 109 cm³/mol. The number of fused-ring (bicyclic) bond motifs is 1. The van der Waals surface area contributed by atoms with Gasteiger partial charge < -0.3 is 4.90 Å². The number of carbonyl (C=O) groups excluding carboxylic acids is 1. The van der Waals surface area contributed by atoms with E-state index in [2.05, 4.69) is 11.1 Å². The Morgan fingerprint density at radius 3 is 2.58 bits per heavy atom. The van der Waals surface area contributed by atoms with Crippen LogP contribution in [0, 0.1) is 0 Å². The molecule has 0 aliphatic carbocycles. The maximum Gasteiger partial charge on any atom is 0.253 e. The summed E-state index contributed by atoms with van der Waals surface area (Å²) >= 11 is 3.43. The summed E-state index contributed by atoms with van der Waals surface area (Å²) in [7, 11) is -0.766. The van der Waals surface area contributed by atoms with Crippen LogP contribution in [0.2, 0.25) is 0 Å². The Kier molecular flexibility index (Phi) is 5.38. The number of benzene rings is 2. The van der Waals surface area contributed by atoms with Gasteiger partial charge in [0.25, 0.3) is 5.91 Å². The summed E-state index contributed by atoms with van der Waals surface area (Å²) in [4.78, 5) is 18.9. The van der Waals surface area contributed by atoms with Crippen LogP contribution in [0.1, 0.15) is 15.9 Å². The number of hydrogen-bond donors (Lipinski definition) is 0. The second kappa shape index (κ2) is 7.90. The monoisotopic (exact) mass is 402 g/mol. The first kappa shape index (κ1) is 17.7. The SMILES string of the molecule is O=C(c1ccc(CSc2nc3ccccc3s2)cc1)N1CCS(=O)CC1. The molecule has 134 valence electrons. The summed E-state index contributed by atoms with van der Waals surface area (Å²) in [5.74, 6) is 2.04. The Bertz CT molecular complexity index is 910. The highest BCUT2D eigenvalue weighted by molar-refractivity contribution is 8.00. The number of aromatic nitrogens is 1. The minimum atomic E-state index is -0.766. The molecular formula is C19H18N2O2S3. The summed E-state index contributed by atoms with van der Waals surface area (Å²) in [6.07, 6.45) is 0. The van der Waals surface area contributed by atoms with Crippen molar-refractivity contribution in [3.8, 4) is 0 Å². The van der Waals surface area contributed by atoms with Crippen LogP contribution >= 0.6 is 23.1 Å². The zero-order chi connectivity index (χ0) is 17.9. The van der Waals surface area contributed by atoms with E-state index in [-0.39, 0.29) is 5.91 Å². The van der Waals surface area contributed by atoms with E-state index in [1.807, 2.05) is 42.5 Å². The lowest BCUT2D eigenvalue weighted by Gasteiger charge is -2.26. The van der Waals surface area contributed by atoms with Crippen molar-refractivity contribution < 1.29 is 9.00 Å². The second-order valence-corrected chi connectivity index (χ2v) is 10.0. The zero-order valence-corrected chi connectivity index (χ0v) is 16.5. The molecule has 0 saturated carbocycles. The van der Waals surface area contributed by atoms with Gasteiger partial charge in [-0.05, 0) is 29.8 Å². The third kappa shape index (κ3) is 4.00. The van der Waals surface area contributed by atoms with Crippen LogP contribution in [0.4, 0.5) is 0 Å². The van der Waals surface area contributed by atoms with E-state index in [4.69, 9.17) is 0 Å². The molecule has 26 heavy (non-hydrogen) atoms. The van der Waals surface area contributed by atoms with Crippen molar-refractivity contribution in [2.24, 2.45) is 0 Å². The highest BCUT2D eigenvalue weighted by Crippen LogP contribution is 2.31. The van der Waals surface area contributed by atoms with Crippen molar-refractivity contribution in [2.75, 3.05) is 24.6 Å². The van der Waals surface area contributed by atoms with Crippen molar-refractivity contribution >= 4 is 50.0 Å². The molecule has 1 aliphatic heterocycles. The van der Waals surface area contributed by atoms with Gasteiger partial charge in [-0.2, -0.15) is 0 Å². The molecule has 0 spiro atoms. The van der Waals surface area contributed by atoms with Crippen molar-refractivity contribution in [1.29, 1.82) is 0 Å². The molecular weight excluding hydrogens is 384 g/mol. The van der Waals surface area contributed by atoms with Crippen LogP contribution in [-0.4, -0.2) is 44.6 Å². The van der Waals surface area contributed by atoms with Crippen LogP contribution < -0.4 is 0 Å². The number of carbonyl (C=O) groups is 1. The molecule has 2 heterocycles. The molecule has 3 aromatic rings. The van der Waals surface area contributed by atoms with Gasteiger partial charge in [0.05, 0.1) is 10.2 Å². The molecule has 0 N–H and O–H groups in total. The van der Waals surface area contributed by atoms with Crippen LogP contribution in [0.25, 0.3) is 10.2 Å². The lowest BCUT2D eigenvalue weighted by atomic mass is 10.1. The molecule has 4 nitrogen and oxygen atoms in total. The number of thiazole rings is 1. The molecule has 0 bridgehead atoms. The number of nitrogens with zero attached hydrogens (tertiary/aromatic N) is 2.